The fourth-order valence-corrected chi connectivity index (χ4v) is 4.61. The largest absolute Gasteiger partial charge is 0.390 e. The Hall–Kier alpha value is -3.31. The van der Waals surface area contributed by atoms with Crippen molar-refractivity contribution >= 4 is 64.0 Å². The average molecular weight is 542 g/mol. The van der Waals surface area contributed by atoms with Gasteiger partial charge in [-0.3, -0.25) is 9.89 Å². The molecule has 184 valence electrons. The van der Waals surface area contributed by atoms with Crippen LogP contribution in [-0.4, -0.2) is 44.3 Å². The lowest BCUT2D eigenvalue weighted by atomic mass is 10.2. The number of halogens is 2. The molecule has 5 rings (SSSR count). The Labute approximate surface area is 221 Å². The van der Waals surface area contributed by atoms with Crippen LogP contribution >= 0.6 is 35.0 Å². The summed E-state index contributed by atoms with van der Waals surface area (Å²) in [7, 11) is 0. The van der Waals surface area contributed by atoms with E-state index in [2.05, 4.69) is 30.7 Å². The third-order valence-electron chi connectivity index (χ3n) is 5.45. The van der Waals surface area contributed by atoms with Gasteiger partial charge in [-0.15, -0.1) is 0 Å². The topological polar surface area (TPSA) is 119 Å². The second kappa shape index (κ2) is 10.8. The van der Waals surface area contributed by atoms with E-state index in [-0.39, 0.29) is 17.5 Å². The number of benzene rings is 2. The number of rotatable bonds is 8. The van der Waals surface area contributed by atoms with Crippen molar-refractivity contribution < 1.29 is 9.90 Å². The summed E-state index contributed by atoms with van der Waals surface area (Å²) in [6, 6.07) is 15.9. The predicted molar refractivity (Wildman–Crippen MR) is 142 cm³/mol. The Morgan fingerprint density at radius 3 is 2.58 bits per heavy atom. The summed E-state index contributed by atoms with van der Waals surface area (Å²) in [4.78, 5) is 25.0. The van der Waals surface area contributed by atoms with E-state index in [9.17, 15) is 9.90 Å². The maximum Gasteiger partial charge on any atom is 0.257 e. The van der Waals surface area contributed by atoms with Crippen LogP contribution in [-0.2, 0) is 6.61 Å². The summed E-state index contributed by atoms with van der Waals surface area (Å²) >= 11 is 13.6. The molecule has 2 aromatic heterocycles. The van der Waals surface area contributed by atoms with E-state index in [1.54, 1.807) is 36.4 Å². The Bertz CT molecular complexity index is 1390. The van der Waals surface area contributed by atoms with Crippen LogP contribution in [0.3, 0.4) is 0 Å². The third-order valence-corrected chi connectivity index (χ3v) is 7.14. The number of carbonyl (C=O) groups is 1. The predicted octanol–water partition coefficient (Wildman–Crippen LogP) is 5.36. The molecule has 12 heteroatoms. The van der Waals surface area contributed by atoms with E-state index in [4.69, 9.17) is 28.2 Å². The Kier molecular flexibility index (Phi) is 7.28. The van der Waals surface area contributed by atoms with Crippen LogP contribution in [0, 0.1) is 0 Å². The number of aromatic nitrogens is 4. The minimum atomic E-state index is -0.341. The van der Waals surface area contributed by atoms with Crippen molar-refractivity contribution in [2.45, 2.75) is 23.1 Å². The van der Waals surface area contributed by atoms with E-state index >= 15 is 0 Å². The zero-order valence-corrected chi connectivity index (χ0v) is 21.2. The van der Waals surface area contributed by atoms with Crippen LogP contribution in [0.5, 0.6) is 0 Å². The van der Waals surface area contributed by atoms with Crippen LogP contribution < -0.4 is 15.5 Å². The SMILES string of the molecule is O=C(Nc1ccc(Sc2nc(Nc3cc(CO)[nH]n3)cc(N3CCC3)n2)cc1)c1cccc(Cl)c1Cl. The Morgan fingerprint density at radius 1 is 1.08 bits per heavy atom. The zero-order valence-electron chi connectivity index (χ0n) is 18.8. The van der Waals surface area contributed by atoms with Gasteiger partial charge in [0.1, 0.15) is 11.6 Å². The van der Waals surface area contributed by atoms with E-state index < -0.39 is 0 Å². The number of aliphatic hydroxyl groups is 1. The molecule has 1 saturated heterocycles. The molecule has 36 heavy (non-hydrogen) atoms. The van der Waals surface area contributed by atoms with Crippen molar-refractivity contribution in [1.82, 2.24) is 20.2 Å². The number of amides is 1. The lowest BCUT2D eigenvalue weighted by Gasteiger charge is -2.32. The maximum atomic E-state index is 12.6. The number of nitrogens with one attached hydrogen (secondary N) is 3. The average Bonchev–Trinajstić information content (AvgIpc) is 3.28. The number of anilines is 4. The lowest BCUT2D eigenvalue weighted by Crippen LogP contribution is -2.37. The highest BCUT2D eigenvalue weighted by atomic mass is 35.5. The van der Waals surface area contributed by atoms with E-state index in [0.29, 0.717) is 38.8 Å². The standard InChI is InChI=1S/C24H21Cl2N7O2S/c25-18-4-1-3-17(22(18)26)23(35)27-14-5-7-16(8-6-14)36-24-29-19(12-21(30-24)33-9-2-10-33)28-20-11-15(13-34)31-32-20/h1,3-8,11-12,34H,2,9-10,13H2,(H,27,35)(H2,28,29,30,31,32). The van der Waals surface area contributed by atoms with Crippen molar-refractivity contribution in [2.24, 2.45) is 0 Å². The van der Waals surface area contributed by atoms with Gasteiger partial charge >= 0.3 is 0 Å². The molecule has 0 spiro atoms. The monoisotopic (exact) mass is 541 g/mol. The molecule has 9 nitrogen and oxygen atoms in total. The minimum absolute atomic E-state index is 0.124. The van der Waals surface area contributed by atoms with Crippen LogP contribution in [0.25, 0.3) is 0 Å². The van der Waals surface area contributed by atoms with Crippen LogP contribution in [0.15, 0.2) is 64.6 Å². The van der Waals surface area contributed by atoms with Crippen LogP contribution in [0.2, 0.25) is 10.0 Å². The number of hydrogen-bond donors (Lipinski definition) is 4. The summed E-state index contributed by atoms with van der Waals surface area (Å²) in [5, 5.41) is 23.3. The highest BCUT2D eigenvalue weighted by molar-refractivity contribution is 7.99. The molecular weight excluding hydrogens is 521 g/mol. The number of H-pyrrole nitrogens is 1. The molecule has 3 heterocycles. The van der Waals surface area contributed by atoms with Gasteiger partial charge < -0.3 is 20.6 Å². The molecular formula is C24H21Cl2N7O2S. The molecule has 0 radical (unpaired) electrons. The molecule has 1 amide bonds. The molecule has 4 N–H and O–H groups in total. The molecule has 0 aliphatic carbocycles. The first-order valence-corrected chi connectivity index (χ1v) is 12.7. The van der Waals surface area contributed by atoms with Gasteiger partial charge in [-0.25, -0.2) is 9.97 Å². The lowest BCUT2D eigenvalue weighted by molar-refractivity contribution is 0.102. The molecule has 0 bridgehead atoms. The van der Waals surface area contributed by atoms with Crippen molar-refractivity contribution in [3.05, 3.63) is 75.9 Å². The first-order valence-electron chi connectivity index (χ1n) is 11.1. The molecule has 2 aromatic carbocycles. The third kappa shape index (κ3) is 5.57. The van der Waals surface area contributed by atoms with Gasteiger partial charge in [0, 0.05) is 35.8 Å². The van der Waals surface area contributed by atoms with Gasteiger partial charge in [-0.1, -0.05) is 29.3 Å². The molecule has 1 fully saturated rings. The number of hydrogen-bond acceptors (Lipinski definition) is 8. The van der Waals surface area contributed by atoms with Gasteiger partial charge in [0.25, 0.3) is 5.91 Å². The normalized spacial score (nSPS) is 12.8. The van der Waals surface area contributed by atoms with E-state index in [1.165, 1.54) is 11.8 Å². The number of carbonyl (C=O) groups excluding carboxylic acids is 1. The van der Waals surface area contributed by atoms with Crippen LogP contribution in [0.1, 0.15) is 22.5 Å². The zero-order chi connectivity index (χ0) is 25.1. The van der Waals surface area contributed by atoms with Gasteiger partial charge in [-0.2, -0.15) is 5.10 Å². The van der Waals surface area contributed by atoms with Crippen molar-refractivity contribution in [3.8, 4) is 0 Å². The van der Waals surface area contributed by atoms with Crippen LogP contribution in [0.4, 0.5) is 23.1 Å². The first kappa shape index (κ1) is 24.4. The summed E-state index contributed by atoms with van der Waals surface area (Å²) in [5.74, 6) is 1.66. The number of aromatic amines is 1. The highest BCUT2D eigenvalue weighted by Gasteiger charge is 2.19. The molecule has 0 unspecified atom stereocenters. The second-order valence-corrected chi connectivity index (χ2v) is 9.80. The quantitative estimate of drug-likeness (QED) is 0.220. The van der Waals surface area contributed by atoms with Gasteiger partial charge in [0.2, 0.25) is 0 Å². The Balaban J connectivity index is 1.31. The van der Waals surface area contributed by atoms with Crippen molar-refractivity contribution in [3.63, 3.8) is 0 Å². The summed E-state index contributed by atoms with van der Waals surface area (Å²) in [6.45, 7) is 1.77. The first-order chi connectivity index (χ1) is 17.5. The highest BCUT2D eigenvalue weighted by Crippen LogP contribution is 2.31. The molecule has 1 aliphatic rings. The summed E-state index contributed by atoms with van der Waals surface area (Å²) in [5.41, 5.74) is 1.53. The summed E-state index contributed by atoms with van der Waals surface area (Å²) in [6.07, 6.45) is 1.13. The maximum absolute atomic E-state index is 12.6. The minimum Gasteiger partial charge on any atom is -0.390 e. The van der Waals surface area contributed by atoms with Crippen molar-refractivity contribution in [1.29, 1.82) is 0 Å². The van der Waals surface area contributed by atoms with Gasteiger partial charge in [0.15, 0.2) is 11.0 Å². The van der Waals surface area contributed by atoms with E-state index in [0.717, 1.165) is 30.2 Å². The Morgan fingerprint density at radius 2 is 1.89 bits per heavy atom. The molecule has 4 aromatic rings. The van der Waals surface area contributed by atoms with Gasteiger partial charge in [-0.05, 0) is 54.6 Å². The second-order valence-electron chi connectivity index (χ2n) is 7.98. The van der Waals surface area contributed by atoms with E-state index in [1.807, 2.05) is 18.2 Å². The molecule has 0 saturated carbocycles. The van der Waals surface area contributed by atoms with Gasteiger partial charge in [0.05, 0.1) is 27.9 Å². The fourth-order valence-electron chi connectivity index (χ4n) is 3.46. The number of aliphatic hydroxyl groups excluding tert-OH is 1. The number of nitrogens with zero attached hydrogens (tertiary/aromatic N) is 4. The fraction of sp³-hybridized carbons (Fsp3) is 0.167. The molecule has 1 aliphatic heterocycles. The summed E-state index contributed by atoms with van der Waals surface area (Å²) < 4.78 is 0. The smallest absolute Gasteiger partial charge is 0.257 e. The molecule has 0 atom stereocenters. The van der Waals surface area contributed by atoms with Crippen molar-refractivity contribution in [2.75, 3.05) is 28.6 Å².